The highest BCUT2D eigenvalue weighted by atomic mass is 16.5. The molecule has 6 nitrogen and oxygen atoms in total. The fraction of sp³-hybridized carbons (Fsp3) is 0.320. The number of carbonyl (C=O) groups excluding carboxylic acids is 1. The van der Waals surface area contributed by atoms with E-state index in [2.05, 4.69) is 58.3 Å². The fourth-order valence-corrected chi connectivity index (χ4v) is 3.63. The summed E-state index contributed by atoms with van der Waals surface area (Å²) in [5.41, 5.74) is 4.77. The van der Waals surface area contributed by atoms with Crippen molar-refractivity contribution in [3.05, 3.63) is 77.6 Å². The number of morpholine rings is 1. The van der Waals surface area contributed by atoms with E-state index in [1.165, 1.54) is 5.56 Å². The van der Waals surface area contributed by atoms with Gasteiger partial charge in [0.2, 0.25) is 0 Å². The lowest BCUT2D eigenvalue weighted by molar-refractivity contribution is 0.0951. The van der Waals surface area contributed by atoms with Crippen LogP contribution in [0.3, 0.4) is 0 Å². The molecule has 2 heterocycles. The molecule has 0 atom stereocenters. The Hall–Kier alpha value is -3.25. The third-order valence-corrected chi connectivity index (χ3v) is 5.51. The van der Waals surface area contributed by atoms with Gasteiger partial charge in [0.05, 0.1) is 13.2 Å². The average Bonchev–Trinajstić information content (AvgIpc) is 2.83. The Balaban J connectivity index is 1.43. The van der Waals surface area contributed by atoms with Crippen LogP contribution in [-0.4, -0.2) is 42.2 Å². The number of aromatic nitrogens is 2. The molecule has 0 spiro atoms. The zero-order chi connectivity index (χ0) is 21.6. The molecular formula is C25H28N4O2. The lowest BCUT2D eigenvalue weighted by Gasteiger charge is -2.28. The molecule has 1 saturated heterocycles. The number of amides is 1. The Kier molecular flexibility index (Phi) is 6.57. The van der Waals surface area contributed by atoms with Gasteiger partial charge in [-0.25, -0.2) is 4.98 Å². The van der Waals surface area contributed by atoms with E-state index in [9.17, 15) is 4.79 Å². The Bertz CT molecular complexity index is 1010. The van der Waals surface area contributed by atoms with E-state index >= 15 is 0 Å². The Labute approximate surface area is 183 Å². The van der Waals surface area contributed by atoms with Crippen LogP contribution in [0.15, 0.2) is 60.9 Å². The van der Waals surface area contributed by atoms with Crippen molar-refractivity contribution >= 4 is 11.7 Å². The molecule has 0 unspecified atom stereocenters. The van der Waals surface area contributed by atoms with Crippen molar-refractivity contribution in [3.8, 4) is 11.3 Å². The maximum absolute atomic E-state index is 12.6. The van der Waals surface area contributed by atoms with Crippen LogP contribution in [0, 0.1) is 0 Å². The largest absolute Gasteiger partial charge is 0.378 e. The molecule has 160 valence electrons. The summed E-state index contributed by atoms with van der Waals surface area (Å²) in [5, 5.41) is 3.00. The lowest BCUT2D eigenvalue weighted by Crippen LogP contribution is -2.37. The van der Waals surface area contributed by atoms with Crippen LogP contribution in [0.5, 0.6) is 0 Å². The molecule has 31 heavy (non-hydrogen) atoms. The topological polar surface area (TPSA) is 67.4 Å². The molecule has 1 aliphatic rings. The van der Waals surface area contributed by atoms with Crippen LogP contribution in [0.4, 0.5) is 5.82 Å². The summed E-state index contributed by atoms with van der Waals surface area (Å²) in [5.74, 6) is 1.26. The second-order valence-corrected chi connectivity index (χ2v) is 7.98. The summed E-state index contributed by atoms with van der Waals surface area (Å²) in [6.07, 6.45) is 3.41. The Morgan fingerprint density at radius 3 is 2.35 bits per heavy atom. The van der Waals surface area contributed by atoms with Crippen LogP contribution >= 0.6 is 0 Å². The molecule has 3 aromatic rings. The first-order valence-corrected chi connectivity index (χ1v) is 10.7. The molecule has 0 bridgehead atoms. The molecule has 0 aliphatic carbocycles. The van der Waals surface area contributed by atoms with Gasteiger partial charge in [-0.05, 0) is 29.2 Å². The molecule has 2 aromatic carbocycles. The number of nitrogens with zero attached hydrogens (tertiary/aromatic N) is 3. The van der Waals surface area contributed by atoms with Crippen molar-refractivity contribution in [3.63, 3.8) is 0 Å². The van der Waals surface area contributed by atoms with Gasteiger partial charge in [0.15, 0.2) is 5.82 Å². The third-order valence-electron chi connectivity index (χ3n) is 5.51. The van der Waals surface area contributed by atoms with E-state index in [0.29, 0.717) is 31.2 Å². The SMILES string of the molecule is CC(C)c1ccc(CNC(=O)c2ccc(-c3nccnc3N3CCOCC3)cc2)cc1. The van der Waals surface area contributed by atoms with Crippen molar-refractivity contribution in [2.45, 2.75) is 26.3 Å². The molecule has 6 heteroatoms. The van der Waals surface area contributed by atoms with Crippen LogP contribution in [0.25, 0.3) is 11.3 Å². The van der Waals surface area contributed by atoms with Crippen LogP contribution in [0.1, 0.15) is 41.3 Å². The highest BCUT2D eigenvalue weighted by Crippen LogP contribution is 2.27. The average molecular weight is 417 g/mol. The zero-order valence-electron chi connectivity index (χ0n) is 18.0. The van der Waals surface area contributed by atoms with Gasteiger partial charge in [-0.1, -0.05) is 50.2 Å². The number of hydrogen-bond acceptors (Lipinski definition) is 5. The van der Waals surface area contributed by atoms with Gasteiger partial charge in [0.25, 0.3) is 5.91 Å². The van der Waals surface area contributed by atoms with Gasteiger partial charge in [-0.15, -0.1) is 0 Å². The van der Waals surface area contributed by atoms with E-state index in [4.69, 9.17) is 4.74 Å². The summed E-state index contributed by atoms with van der Waals surface area (Å²) in [4.78, 5) is 23.9. The second kappa shape index (κ2) is 9.71. The minimum absolute atomic E-state index is 0.0907. The number of anilines is 1. The third kappa shape index (κ3) is 5.09. The van der Waals surface area contributed by atoms with Crippen molar-refractivity contribution in [1.29, 1.82) is 0 Å². The van der Waals surface area contributed by atoms with E-state index < -0.39 is 0 Å². The summed E-state index contributed by atoms with van der Waals surface area (Å²) in [7, 11) is 0. The summed E-state index contributed by atoms with van der Waals surface area (Å²) < 4.78 is 5.45. The molecule has 1 aliphatic heterocycles. The van der Waals surface area contributed by atoms with Crippen molar-refractivity contribution in [1.82, 2.24) is 15.3 Å². The Morgan fingerprint density at radius 1 is 1.00 bits per heavy atom. The van der Waals surface area contributed by atoms with Crippen molar-refractivity contribution in [2.75, 3.05) is 31.2 Å². The first-order valence-electron chi connectivity index (χ1n) is 10.7. The van der Waals surface area contributed by atoms with E-state index in [-0.39, 0.29) is 5.91 Å². The second-order valence-electron chi connectivity index (χ2n) is 7.98. The zero-order valence-corrected chi connectivity index (χ0v) is 18.0. The molecule has 1 N–H and O–H groups in total. The van der Waals surface area contributed by atoms with Crippen LogP contribution in [-0.2, 0) is 11.3 Å². The number of nitrogens with one attached hydrogen (secondary N) is 1. The Morgan fingerprint density at radius 2 is 1.68 bits per heavy atom. The molecule has 0 radical (unpaired) electrons. The summed E-state index contributed by atoms with van der Waals surface area (Å²) >= 11 is 0. The van der Waals surface area contributed by atoms with Gasteiger partial charge < -0.3 is 15.0 Å². The lowest BCUT2D eigenvalue weighted by atomic mass is 10.0. The molecule has 0 saturated carbocycles. The number of ether oxygens (including phenoxy) is 1. The highest BCUT2D eigenvalue weighted by molar-refractivity contribution is 5.94. The minimum atomic E-state index is -0.0907. The quantitative estimate of drug-likeness (QED) is 0.657. The predicted molar refractivity (Wildman–Crippen MR) is 122 cm³/mol. The first kappa shape index (κ1) is 21.0. The minimum Gasteiger partial charge on any atom is -0.378 e. The summed E-state index contributed by atoms with van der Waals surface area (Å²) in [6, 6.07) is 15.9. The molecule has 1 fully saturated rings. The molecule has 1 aromatic heterocycles. The number of benzene rings is 2. The first-order chi connectivity index (χ1) is 15.1. The standard InChI is InChI=1S/C25H28N4O2/c1-18(2)20-5-3-19(4-6-20)17-28-25(30)22-9-7-21(8-10-22)23-24(27-12-11-26-23)29-13-15-31-16-14-29/h3-12,18H,13-17H2,1-2H3,(H,28,30). The van der Waals surface area contributed by atoms with Crippen molar-refractivity contribution in [2.24, 2.45) is 0 Å². The normalized spacial score (nSPS) is 14.0. The number of carbonyl (C=O) groups is 1. The van der Waals surface area contributed by atoms with Crippen molar-refractivity contribution < 1.29 is 9.53 Å². The summed E-state index contributed by atoms with van der Waals surface area (Å²) in [6.45, 7) is 7.82. The number of rotatable bonds is 6. The van der Waals surface area contributed by atoms with Gasteiger partial charge in [0, 0.05) is 43.2 Å². The molecule has 1 amide bonds. The maximum atomic E-state index is 12.6. The van der Waals surface area contributed by atoms with E-state index in [1.807, 2.05) is 24.3 Å². The maximum Gasteiger partial charge on any atom is 0.251 e. The van der Waals surface area contributed by atoms with E-state index in [1.54, 1.807) is 12.4 Å². The van der Waals surface area contributed by atoms with Gasteiger partial charge in [-0.3, -0.25) is 9.78 Å². The molecular weight excluding hydrogens is 388 g/mol. The van der Waals surface area contributed by atoms with Gasteiger partial charge >= 0.3 is 0 Å². The van der Waals surface area contributed by atoms with Crippen LogP contribution in [0.2, 0.25) is 0 Å². The van der Waals surface area contributed by atoms with E-state index in [0.717, 1.165) is 35.7 Å². The monoisotopic (exact) mass is 416 g/mol. The highest BCUT2D eigenvalue weighted by Gasteiger charge is 2.18. The number of hydrogen-bond donors (Lipinski definition) is 1. The van der Waals surface area contributed by atoms with Crippen LogP contribution < -0.4 is 10.2 Å². The van der Waals surface area contributed by atoms with Gasteiger partial charge in [0.1, 0.15) is 5.69 Å². The smallest absolute Gasteiger partial charge is 0.251 e. The predicted octanol–water partition coefficient (Wildman–Crippen LogP) is 4.03. The fourth-order valence-electron chi connectivity index (χ4n) is 3.63. The molecule has 4 rings (SSSR count). The van der Waals surface area contributed by atoms with Gasteiger partial charge in [-0.2, -0.15) is 0 Å².